The maximum atomic E-state index is 6.04. The first-order chi connectivity index (χ1) is 10.8. The van der Waals surface area contributed by atoms with E-state index in [4.69, 9.17) is 5.73 Å². The van der Waals surface area contributed by atoms with Gasteiger partial charge in [-0.1, -0.05) is 24.3 Å². The lowest BCUT2D eigenvalue weighted by atomic mass is 9.94. The second kappa shape index (κ2) is 6.32. The quantitative estimate of drug-likeness (QED) is 0.780. The van der Waals surface area contributed by atoms with Gasteiger partial charge in [0.25, 0.3) is 0 Å². The number of aromatic nitrogens is 2. The van der Waals surface area contributed by atoms with Gasteiger partial charge in [-0.15, -0.1) is 0 Å². The van der Waals surface area contributed by atoms with E-state index in [1.165, 1.54) is 22.2 Å². The van der Waals surface area contributed by atoms with Gasteiger partial charge >= 0.3 is 0 Å². The molecular formula is C19H23N3. The number of fused-ring (bicyclic) bond motifs is 1. The number of pyridine rings is 1. The second-order valence-corrected chi connectivity index (χ2v) is 5.72. The minimum Gasteiger partial charge on any atom is -0.345 e. The Labute approximate surface area is 131 Å². The third-order valence-corrected chi connectivity index (χ3v) is 4.52. The number of benzene rings is 1. The summed E-state index contributed by atoms with van der Waals surface area (Å²) in [4.78, 5) is 4.50. The van der Waals surface area contributed by atoms with Gasteiger partial charge in [0.05, 0.1) is 0 Å². The first-order valence-corrected chi connectivity index (χ1v) is 7.94. The molecule has 0 radical (unpaired) electrons. The van der Waals surface area contributed by atoms with Gasteiger partial charge < -0.3 is 10.3 Å². The topological polar surface area (TPSA) is 43.8 Å². The van der Waals surface area contributed by atoms with Crippen LogP contribution in [-0.4, -0.2) is 16.1 Å². The summed E-state index contributed by atoms with van der Waals surface area (Å²) < 4.78 is 2.39. The molecular weight excluding hydrogens is 270 g/mol. The Morgan fingerprint density at radius 2 is 1.91 bits per heavy atom. The van der Waals surface area contributed by atoms with Crippen molar-refractivity contribution in [2.24, 2.45) is 5.73 Å². The van der Waals surface area contributed by atoms with E-state index in [1.807, 2.05) is 18.3 Å². The number of nitrogens with zero attached hydrogens (tertiary/aromatic N) is 2. The third kappa shape index (κ3) is 2.53. The van der Waals surface area contributed by atoms with Crippen molar-refractivity contribution in [3.8, 4) is 0 Å². The zero-order chi connectivity index (χ0) is 15.5. The molecule has 0 aliphatic rings. The second-order valence-electron chi connectivity index (χ2n) is 5.72. The summed E-state index contributed by atoms with van der Waals surface area (Å²) in [6.45, 7) is 6.01. The first-order valence-electron chi connectivity index (χ1n) is 7.94. The molecule has 1 unspecified atom stereocenters. The number of hydrogen-bond donors (Lipinski definition) is 1. The molecule has 0 spiro atoms. The molecule has 1 atom stereocenters. The van der Waals surface area contributed by atoms with Crippen LogP contribution < -0.4 is 5.73 Å². The van der Waals surface area contributed by atoms with E-state index in [0.717, 1.165) is 18.7 Å². The van der Waals surface area contributed by atoms with Crippen molar-refractivity contribution < 1.29 is 0 Å². The van der Waals surface area contributed by atoms with E-state index in [9.17, 15) is 0 Å². The zero-order valence-corrected chi connectivity index (χ0v) is 13.3. The number of rotatable bonds is 5. The summed E-state index contributed by atoms with van der Waals surface area (Å²) in [5, 5.41) is 1.34. The monoisotopic (exact) mass is 293 g/mol. The van der Waals surface area contributed by atoms with Crippen LogP contribution >= 0.6 is 0 Å². The molecule has 1 aromatic carbocycles. The fourth-order valence-electron chi connectivity index (χ4n) is 3.34. The molecule has 3 aromatic rings. The molecule has 22 heavy (non-hydrogen) atoms. The van der Waals surface area contributed by atoms with Crippen LogP contribution in [0.2, 0.25) is 0 Å². The van der Waals surface area contributed by atoms with Crippen LogP contribution in [0.4, 0.5) is 0 Å². The highest BCUT2D eigenvalue weighted by Crippen LogP contribution is 2.30. The minimum atomic E-state index is 0.260. The Kier molecular flexibility index (Phi) is 4.25. The van der Waals surface area contributed by atoms with Crippen molar-refractivity contribution in [2.75, 3.05) is 6.54 Å². The average molecular weight is 293 g/mol. The van der Waals surface area contributed by atoms with Crippen molar-refractivity contribution in [1.29, 1.82) is 0 Å². The number of para-hydroxylation sites is 1. The normalized spacial score (nSPS) is 12.7. The fraction of sp³-hybridized carbons (Fsp3) is 0.316. The molecule has 3 heteroatoms. The highest BCUT2D eigenvalue weighted by atomic mass is 15.0. The summed E-state index contributed by atoms with van der Waals surface area (Å²) >= 11 is 0. The lowest BCUT2D eigenvalue weighted by molar-refractivity contribution is 0.666. The van der Waals surface area contributed by atoms with Crippen LogP contribution in [0.1, 0.15) is 29.8 Å². The van der Waals surface area contributed by atoms with Gasteiger partial charge in [-0.05, 0) is 44.0 Å². The molecule has 0 fully saturated rings. The zero-order valence-electron chi connectivity index (χ0n) is 13.3. The molecule has 0 aliphatic heterocycles. The molecule has 114 valence electrons. The van der Waals surface area contributed by atoms with Gasteiger partial charge in [0.1, 0.15) is 0 Å². The molecule has 2 heterocycles. The van der Waals surface area contributed by atoms with E-state index in [2.05, 4.69) is 53.7 Å². The average Bonchev–Trinajstić information content (AvgIpc) is 2.84. The van der Waals surface area contributed by atoms with Crippen molar-refractivity contribution in [2.45, 2.75) is 32.7 Å². The number of aryl methyl sites for hydroxylation is 1. The lowest BCUT2D eigenvalue weighted by Crippen LogP contribution is -2.16. The lowest BCUT2D eigenvalue weighted by Gasteiger charge is -2.15. The molecule has 0 aliphatic carbocycles. The van der Waals surface area contributed by atoms with Crippen LogP contribution in [0, 0.1) is 6.92 Å². The Morgan fingerprint density at radius 1 is 1.14 bits per heavy atom. The van der Waals surface area contributed by atoms with Crippen LogP contribution in [0.15, 0.2) is 48.7 Å². The van der Waals surface area contributed by atoms with Crippen molar-refractivity contribution >= 4 is 10.9 Å². The van der Waals surface area contributed by atoms with E-state index >= 15 is 0 Å². The van der Waals surface area contributed by atoms with Crippen LogP contribution in [0.3, 0.4) is 0 Å². The summed E-state index contributed by atoms with van der Waals surface area (Å²) in [5.41, 5.74) is 11.2. The predicted molar refractivity (Wildman–Crippen MR) is 92.1 cm³/mol. The summed E-state index contributed by atoms with van der Waals surface area (Å²) in [6.07, 6.45) is 2.78. The van der Waals surface area contributed by atoms with Crippen LogP contribution in [-0.2, 0) is 13.0 Å². The molecule has 0 amide bonds. The summed E-state index contributed by atoms with van der Waals surface area (Å²) in [6, 6.07) is 14.7. The standard InChI is InChI=1S/C19H23N3/c1-3-22-14(2)17(16-8-4-5-10-19(16)22)12-15(13-20)18-9-6-7-11-21-18/h4-11,15H,3,12-13,20H2,1-2H3. The minimum absolute atomic E-state index is 0.260. The maximum absolute atomic E-state index is 6.04. The van der Waals surface area contributed by atoms with E-state index in [1.54, 1.807) is 0 Å². The van der Waals surface area contributed by atoms with E-state index in [0.29, 0.717) is 6.54 Å². The van der Waals surface area contributed by atoms with Gasteiger partial charge in [0.2, 0.25) is 0 Å². The summed E-state index contributed by atoms with van der Waals surface area (Å²) in [7, 11) is 0. The van der Waals surface area contributed by atoms with Gasteiger partial charge in [0, 0.05) is 47.5 Å². The molecule has 3 rings (SSSR count). The van der Waals surface area contributed by atoms with E-state index < -0.39 is 0 Å². The van der Waals surface area contributed by atoms with Crippen molar-refractivity contribution in [3.05, 3.63) is 65.6 Å². The smallest absolute Gasteiger partial charge is 0.0485 e. The van der Waals surface area contributed by atoms with Gasteiger partial charge in [-0.2, -0.15) is 0 Å². The Morgan fingerprint density at radius 3 is 2.59 bits per heavy atom. The van der Waals surface area contributed by atoms with Gasteiger partial charge in [-0.25, -0.2) is 0 Å². The third-order valence-electron chi connectivity index (χ3n) is 4.52. The highest BCUT2D eigenvalue weighted by molar-refractivity contribution is 5.85. The Balaban J connectivity index is 2.05. The number of nitrogens with two attached hydrogens (primary N) is 1. The predicted octanol–water partition coefficient (Wildman–Crippen LogP) is 3.65. The highest BCUT2D eigenvalue weighted by Gasteiger charge is 2.18. The Bertz CT molecular complexity index is 759. The SMILES string of the molecule is CCn1c(C)c(CC(CN)c2ccccn2)c2ccccc21. The molecule has 3 nitrogen and oxygen atoms in total. The van der Waals surface area contributed by atoms with Crippen LogP contribution in [0.25, 0.3) is 10.9 Å². The van der Waals surface area contributed by atoms with Gasteiger partial charge in [0.15, 0.2) is 0 Å². The summed E-state index contributed by atoms with van der Waals surface area (Å²) in [5.74, 6) is 0.260. The first kappa shape index (κ1) is 14.8. The number of hydrogen-bond acceptors (Lipinski definition) is 2. The molecule has 0 bridgehead atoms. The van der Waals surface area contributed by atoms with Crippen molar-refractivity contribution in [1.82, 2.24) is 9.55 Å². The fourth-order valence-corrected chi connectivity index (χ4v) is 3.34. The molecule has 2 N–H and O–H groups in total. The molecule has 0 saturated carbocycles. The van der Waals surface area contributed by atoms with E-state index in [-0.39, 0.29) is 5.92 Å². The maximum Gasteiger partial charge on any atom is 0.0485 e. The van der Waals surface area contributed by atoms with Gasteiger partial charge in [-0.3, -0.25) is 4.98 Å². The molecule has 2 aromatic heterocycles. The van der Waals surface area contributed by atoms with Crippen LogP contribution in [0.5, 0.6) is 0 Å². The Hall–Kier alpha value is -2.13. The van der Waals surface area contributed by atoms with Crippen molar-refractivity contribution in [3.63, 3.8) is 0 Å². The largest absolute Gasteiger partial charge is 0.345 e. The molecule has 0 saturated heterocycles.